The maximum Gasteiger partial charge on any atom is 0.410 e. The zero-order valence-electron chi connectivity index (χ0n) is 14.0. The van der Waals surface area contributed by atoms with E-state index < -0.39 is 18.3 Å². The van der Waals surface area contributed by atoms with Crippen LogP contribution in [0.15, 0.2) is 23.7 Å². The van der Waals surface area contributed by atoms with Crippen LogP contribution >= 0.6 is 11.3 Å². The van der Waals surface area contributed by atoms with Crippen LogP contribution in [0.25, 0.3) is 0 Å². The fourth-order valence-corrected chi connectivity index (χ4v) is 4.45. The molecule has 4 heterocycles. The van der Waals surface area contributed by atoms with Crippen molar-refractivity contribution in [3.63, 3.8) is 0 Å². The second kappa shape index (κ2) is 6.61. The Balaban J connectivity index is 1.70. The van der Waals surface area contributed by atoms with Gasteiger partial charge in [-0.05, 0) is 30.7 Å². The third-order valence-electron chi connectivity index (χ3n) is 5.00. The number of hydrogen-bond donors (Lipinski definition) is 1. The van der Waals surface area contributed by atoms with Crippen molar-refractivity contribution in [2.45, 2.75) is 43.9 Å². The average Bonchev–Trinajstić information content (AvgIpc) is 3.30. The summed E-state index contributed by atoms with van der Waals surface area (Å²) in [6.45, 7) is 1.28. The van der Waals surface area contributed by atoms with Gasteiger partial charge < -0.3 is 10.2 Å². The number of fused-ring (bicyclic) bond motifs is 1. The van der Waals surface area contributed by atoms with E-state index in [0.29, 0.717) is 13.1 Å². The van der Waals surface area contributed by atoms with E-state index in [0.717, 1.165) is 28.8 Å². The summed E-state index contributed by atoms with van der Waals surface area (Å²) >= 11 is 1.41. The predicted octanol–water partition coefficient (Wildman–Crippen LogP) is 4.23. The van der Waals surface area contributed by atoms with Crippen LogP contribution in [0.5, 0.6) is 0 Å². The van der Waals surface area contributed by atoms with Crippen LogP contribution in [-0.4, -0.2) is 39.9 Å². The first-order valence-corrected chi connectivity index (χ1v) is 9.56. The Kier molecular flexibility index (Phi) is 4.42. The van der Waals surface area contributed by atoms with E-state index in [4.69, 9.17) is 0 Å². The zero-order valence-corrected chi connectivity index (χ0v) is 14.8. The molecule has 1 saturated heterocycles. The van der Waals surface area contributed by atoms with Crippen molar-refractivity contribution in [2.75, 3.05) is 18.4 Å². The maximum atomic E-state index is 13.6. The van der Waals surface area contributed by atoms with Crippen molar-refractivity contribution in [1.29, 1.82) is 0 Å². The molecule has 140 valence electrons. The Morgan fingerprint density at radius 2 is 2.04 bits per heavy atom. The van der Waals surface area contributed by atoms with Crippen LogP contribution in [-0.2, 0) is 0 Å². The van der Waals surface area contributed by atoms with Gasteiger partial charge in [0, 0.05) is 24.4 Å². The van der Waals surface area contributed by atoms with Gasteiger partial charge in [0.1, 0.15) is 11.4 Å². The van der Waals surface area contributed by atoms with E-state index in [-0.39, 0.29) is 23.7 Å². The fraction of sp³-hybridized carbons (Fsp3) is 0.529. The van der Waals surface area contributed by atoms with Crippen LogP contribution < -0.4 is 5.32 Å². The summed E-state index contributed by atoms with van der Waals surface area (Å²) in [7, 11) is 0. The Morgan fingerprint density at radius 1 is 1.27 bits per heavy atom. The molecule has 2 aliphatic heterocycles. The summed E-state index contributed by atoms with van der Waals surface area (Å²) < 4.78 is 41.8. The summed E-state index contributed by atoms with van der Waals surface area (Å²) in [6.07, 6.45) is -0.378. The highest BCUT2D eigenvalue weighted by molar-refractivity contribution is 7.10. The Bertz CT molecular complexity index is 781. The summed E-state index contributed by atoms with van der Waals surface area (Å²) in [6, 6.07) is 1.40. The quantitative estimate of drug-likeness (QED) is 0.843. The van der Waals surface area contributed by atoms with Crippen molar-refractivity contribution >= 4 is 23.1 Å². The van der Waals surface area contributed by atoms with Gasteiger partial charge in [-0.1, -0.05) is 6.07 Å². The molecule has 0 aliphatic carbocycles. The molecule has 2 atom stereocenters. The molecule has 0 spiro atoms. The number of piperidine rings is 1. The number of aromatic nitrogens is 2. The molecule has 1 fully saturated rings. The number of rotatable bonds is 2. The Hall–Kier alpha value is -2.03. The summed E-state index contributed by atoms with van der Waals surface area (Å²) in [5, 5.41) is 8.90. The number of carbonyl (C=O) groups is 1. The number of nitrogens with zero attached hydrogens (tertiary/aromatic N) is 3. The normalized spacial score (nSPS) is 23.4. The van der Waals surface area contributed by atoms with Crippen molar-refractivity contribution in [3.8, 4) is 0 Å². The van der Waals surface area contributed by atoms with Gasteiger partial charge in [-0.3, -0.25) is 4.79 Å². The standard InChI is InChI=1S/C17H19F3N4OS/c18-17(19,20)14-9-12(13-5-4-8-26-13)22-15-11(10-21-24(14)15)16(25)23-6-2-1-3-7-23/h4-5,8,10,12,14,22H,1-3,6-7,9H2. The third kappa shape index (κ3) is 3.08. The molecular weight excluding hydrogens is 365 g/mol. The largest absolute Gasteiger partial charge is 0.410 e. The molecule has 4 rings (SSSR count). The first-order chi connectivity index (χ1) is 12.4. The first kappa shape index (κ1) is 17.4. The van der Waals surface area contributed by atoms with E-state index in [9.17, 15) is 18.0 Å². The number of likely N-dealkylation sites (tertiary alicyclic amines) is 1. The predicted molar refractivity (Wildman–Crippen MR) is 92.4 cm³/mol. The average molecular weight is 384 g/mol. The second-order valence-corrected chi connectivity index (χ2v) is 7.69. The molecule has 1 N–H and O–H groups in total. The van der Waals surface area contributed by atoms with E-state index >= 15 is 0 Å². The minimum absolute atomic E-state index is 0.143. The SMILES string of the molecule is O=C(c1cnn2c1NC(c1cccs1)CC2C(F)(F)F)N1CCCCC1. The van der Waals surface area contributed by atoms with Crippen molar-refractivity contribution in [2.24, 2.45) is 0 Å². The molecule has 26 heavy (non-hydrogen) atoms. The molecular formula is C17H19F3N4OS. The van der Waals surface area contributed by atoms with E-state index in [1.165, 1.54) is 17.5 Å². The number of anilines is 1. The zero-order chi connectivity index (χ0) is 18.3. The minimum Gasteiger partial charge on any atom is -0.362 e. The highest BCUT2D eigenvalue weighted by Gasteiger charge is 2.47. The maximum absolute atomic E-state index is 13.6. The lowest BCUT2D eigenvalue weighted by molar-refractivity contribution is -0.173. The smallest absolute Gasteiger partial charge is 0.362 e. The lowest BCUT2D eigenvalue weighted by Crippen LogP contribution is -2.38. The van der Waals surface area contributed by atoms with Crippen molar-refractivity contribution < 1.29 is 18.0 Å². The molecule has 1 amide bonds. The number of carbonyl (C=O) groups excluding carboxylic acids is 1. The van der Waals surface area contributed by atoms with Crippen LogP contribution in [0.3, 0.4) is 0 Å². The molecule has 2 aromatic heterocycles. The van der Waals surface area contributed by atoms with Gasteiger partial charge in [-0.25, -0.2) is 4.68 Å². The third-order valence-corrected chi connectivity index (χ3v) is 5.98. The molecule has 2 aliphatic rings. The van der Waals surface area contributed by atoms with E-state index in [1.54, 1.807) is 4.90 Å². The van der Waals surface area contributed by atoms with Gasteiger partial charge in [-0.15, -0.1) is 11.3 Å². The minimum atomic E-state index is -4.43. The number of alkyl halides is 3. The molecule has 0 saturated carbocycles. The molecule has 2 unspecified atom stereocenters. The first-order valence-electron chi connectivity index (χ1n) is 8.68. The number of hydrogen-bond acceptors (Lipinski definition) is 4. The van der Waals surface area contributed by atoms with Crippen LogP contribution in [0, 0.1) is 0 Å². The molecule has 0 aromatic carbocycles. The van der Waals surface area contributed by atoms with Gasteiger partial charge >= 0.3 is 6.18 Å². The van der Waals surface area contributed by atoms with Crippen molar-refractivity contribution in [3.05, 3.63) is 34.2 Å². The van der Waals surface area contributed by atoms with E-state index in [1.807, 2.05) is 17.5 Å². The number of nitrogens with one attached hydrogen (secondary N) is 1. The highest BCUT2D eigenvalue weighted by atomic mass is 32.1. The second-order valence-electron chi connectivity index (χ2n) is 6.71. The monoisotopic (exact) mass is 384 g/mol. The molecule has 5 nitrogen and oxygen atoms in total. The van der Waals surface area contributed by atoms with Crippen LogP contribution in [0.4, 0.5) is 19.0 Å². The molecule has 0 radical (unpaired) electrons. The molecule has 9 heteroatoms. The number of thiophene rings is 1. The van der Waals surface area contributed by atoms with Crippen LogP contribution in [0.2, 0.25) is 0 Å². The van der Waals surface area contributed by atoms with Gasteiger partial charge in [0.2, 0.25) is 0 Å². The van der Waals surface area contributed by atoms with Gasteiger partial charge in [0.15, 0.2) is 6.04 Å². The van der Waals surface area contributed by atoms with Crippen molar-refractivity contribution in [1.82, 2.24) is 14.7 Å². The Morgan fingerprint density at radius 3 is 2.69 bits per heavy atom. The van der Waals surface area contributed by atoms with E-state index in [2.05, 4.69) is 10.4 Å². The van der Waals surface area contributed by atoms with Gasteiger partial charge in [0.25, 0.3) is 5.91 Å². The lowest BCUT2D eigenvalue weighted by Gasteiger charge is -2.34. The summed E-state index contributed by atoms with van der Waals surface area (Å²) in [4.78, 5) is 15.4. The Labute approximate surface area is 152 Å². The lowest BCUT2D eigenvalue weighted by atomic mass is 10.0. The highest BCUT2D eigenvalue weighted by Crippen LogP contribution is 2.45. The molecule has 0 bridgehead atoms. The fourth-order valence-electron chi connectivity index (χ4n) is 3.66. The number of halogens is 3. The number of amides is 1. The summed E-state index contributed by atoms with van der Waals surface area (Å²) in [5.74, 6) is -0.0706. The van der Waals surface area contributed by atoms with Gasteiger partial charge in [0.05, 0.1) is 12.2 Å². The molecule has 2 aromatic rings. The van der Waals surface area contributed by atoms with Gasteiger partial charge in [-0.2, -0.15) is 18.3 Å². The topological polar surface area (TPSA) is 50.2 Å². The van der Waals surface area contributed by atoms with Crippen LogP contribution in [0.1, 0.15) is 53.0 Å². The summed E-state index contributed by atoms with van der Waals surface area (Å²) in [5.41, 5.74) is 0.224.